The molecular weight excluding hydrogens is 608 g/mol. The summed E-state index contributed by atoms with van der Waals surface area (Å²) in [6.07, 6.45) is 7.07. The maximum atomic E-state index is 13.6. The van der Waals surface area contributed by atoms with Crippen LogP contribution < -0.4 is 20.9 Å². The van der Waals surface area contributed by atoms with E-state index in [4.69, 9.17) is 0 Å². The van der Waals surface area contributed by atoms with E-state index < -0.39 is 6.04 Å². The second-order valence-corrected chi connectivity index (χ2v) is 13.1. The summed E-state index contributed by atoms with van der Waals surface area (Å²) in [5.74, 6) is 0.262. The summed E-state index contributed by atoms with van der Waals surface area (Å²) in [5.41, 5.74) is 5.56. The fourth-order valence-electron chi connectivity index (χ4n) is 5.68. The topological polar surface area (TPSA) is 90.5 Å². The fraction of sp³-hybridized carbons (Fsp3) is 0.357. The van der Waals surface area contributed by atoms with Crippen molar-refractivity contribution in [2.24, 2.45) is 5.92 Å². The number of anilines is 2. The van der Waals surface area contributed by atoms with Crippen LogP contribution in [0.2, 0.25) is 0 Å². The molecule has 0 aromatic heterocycles. The first-order valence-electron chi connectivity index (χ1n) is 17.7. The predicted octanol–water partition coefficient (Wildman–Crippen LogP) is 8.89. The lowest BCUT2D eigenvalue weighted by molar-refractivity contribution is -0.121. The number of carbonyl (C=O) groups excluding carboxylic acids is 3. The standard InChI is InChI=1S/C42H52N4O3/c1-5-6-7-8-14-27-44-42(49)46(4)36-19-15-18-35(30-36)33-24-22-32(23-25-33)29-39(41(48)43-28-26-31(2)3)45-38-21-13-12-20-37(38)40(47)34-16-10-9-11-17-34/h9-13,15-25,30-31,39,45H,5-8,14,26-29H2,1-4H3,(H,43,48)(H,44,49). The minimum absolute atomic E-state index is 0.0974. The zero-order valence-corrected chi connectivity index (χ0v) is 29.5. The highest BCUT2D eigenvalue weighted by Crippen LogP contribution is 2.26. The minimum atomic E-state index is -0.593. The van der Waals surface area contributed by atoms with Crippen LogP contribution in [0.1, 0.15) is 80.8 Å². The van der Waals surface area contributed by atoms with Crippen LogP contribution in [0, 0.1) is 5.92 Å². The van der Waals surface area contributed by atoms with Crippen molar-refractivity contribution in [2.75, 3.05) is 30.4 Å². The molecule has 0 spiro atoms. The van der Waals surface area contributed by atoms with Gasteiger partial charge in [0.15, 0.2) is 5.78 Å². The third-order valence-electron chi connectivity index (χ3n) is 8.70. The number of amides is 3. The molecule has 0 aliphatic rings. The van der Waals surface area contributed by atoms with Gasteiger partial charge >= 0.3 is 6.03 Å². The molecule has 0 aliphatic carbocycles. The number of para-hydroxylation sites is 1. The first-order chi connectivity index (χ1) is 23.8. The molecular formula is C42H52N4O3. The van der Waals surface area contributed by atoms with Gasteiger partial charge in [0.1, 0.15) is 6.04 Å². The smallest absolute Gasteiger partial charge is 0.321 e. The number of carbonyl (C=O) groups is 3. The fourth-order valence-corrected chi connectivity index (χ4v) is 5.68. The number of nitrogens with one attached hydrogen (secondary N) is 3. The summed E-state index contributed by atoms with van der Waals surface area (Å²) in [6, 6.07) is 32.0. The van der Waals surface area contributed by atoms with E-state index in [0.717, 1.165) is 41.6 Å². The Kier molecular flexibility index (Phi) is 14.4. The zero-order chi connectivity index (χ0) is 35.0. The van der Waals surface area contributed by atoms with Crippen LogP contribution in [0.25, 0.3) is 11.1 Å². The third kappa shape index (κ3) is 11.3. The average Bonchev–Trinajstić information content (AvgIpc) is 3.12. The Balaban J connectivity index is 1.47. The second kappa shape index (κ2) is 19.2. The van der Waals surface area contributed by atoms with E-state index in [1.165, 1.54) is 19.3 Å². The Bertz CT molecular complexity index is 1640. The Morgan fingerprint density at radius 2 is 1.43 bits per heavy atom. The molecule has 0 saturated carbocycles. The van der Waals surface area contributed by atoms with E-state index >= 15 is 0 Å². The minimum Gasteiger partial charge on any atom is -0.373 e. The molecule has 1 atom stereocenters. The lowest BCUT2D eigenvalue weighted by Crippen LogP contribution is -2.42. The van der Waals surface area contributed by atoms with Gasteiger partial charge in [0.25, 0.3) is 0 Å². The van der Waals surface area contributed by atoms with Crippen molar-refractivity contribution in [1.82, 2.24) is 10.6 Å². The summed E-state index contributed by atoms with van der Waals surface area (Å²) >= 11 is 0. The third-order valence-corrected chi connectivity index (χ3v) is 8.70. The molecule has 1 unspecified atom stereocenters. The van der Waals surface area contributed by atoms with Gasteiger partial charge in [-0.2, -0.15) is 0 Å². The molecule has 0 aliphatic heterocycles. The first-order valence-corrected chi connectivity index (χ1v) is 17.7. The molecule has 0 bridgehead atoms. The number of hydrogen-bond donors (Lipinski definition) is 3. The zero-order valence-electron chi connectivity index (χ0n) is 29.5. The van der Waals surface area contributed by atoms with Crippen molar-refractivity contribution >= 4 is 29.1 Å². The predicted molar refractivity (Wildman–Crippen MR) is 202 cm³/mol. The van der Waals surface area contributed by atoms with Crippen LogP contribution in [-0.2, 0) is 11.2 Å². The molecule has 4 rings (SSSR count). The lowest BCUT2D eigenvalue weighted by Gasteiger charge is -2.22. The van der Waals surface area contributed by atoms with Crippen LogP contribution in [0.4, 0.5) is 16.2 Å². The maximum Gasteiger partial charge on any atom is 0.321 e. The van der Waals surface area contributed by atoms with Gasteiger partial charge in [-0.25, -0.2) is 4.79 Å². The highest BCUT2D eigenvalue weighted by atomic mass is 16.2. The summed E-state index contributed by atoms with van der Waals surface area (Å²) < 4.78 is 0. The Labute approximate surface area is 292 Å². The van der Waals surface area contributed by atoms with Gasteiger partial charge in [-0.3, -0.25) is 14.5 Å². The van der Waals surface area contributed by atoms with Crippen molar-refractivity contribution in [2.45, 2.75) is 71.8 Å². The van der Waals surface area contributed by atoms with Gasteiger partial charge in [-0.1, -0.05) is 125 Å². The largest absolute Gasteiger partial charge is 0.373 e. The van der Waals surface area contributed by atoms with Gasteiger partial charge < -0.3 is 16.0 Å². The van der Waals surface area contributed by atoms with E-state index in [0.29, 0.717) is 42.2 Å². The van der Waals surface area contributed by atoms with E-state index in [1.54, 1.807) is 30.1 Å². The number of unbranched alkanes of at least 4 members (excludes halogenated alkanes) is 4. The van der Waals surface area contributed by atoms with Gasteiger partial charge in [-0.15, -0.1) is 0 Å². The van der Waals surface area contributed by atoms with Crippen LogP contribution >= 0.6 is 0 Å². The van der Waals surface area contributed by atoms with E-state index in [9.17, 15) is 14.4 Å². The molecule has 7 heteroatoms. The van der Waals surface area contributed by atoms with Crippen molar-refractivity contribution in [3.8, 4) is 11.1 Å². The molecule has 4 aromatic carbocycles. The molecule has 4 aromatic rings. The molecule has 0 radical (unpaired) electrons. The summed E-state index contributed by atoms with van der Waals surface area (Å²) in [6.45, 7) is 7.72. The van der Waals surface area contributed by atoms with E-state index in [2.05, 4.69) is 36.7 Å². The van der Waals surface area contributed by atoms with E-state index in [-0.39, 0.29) is 17.7 Å². The molecule has 0 saturated heterocycles. The van der Waals surface area contributed by atoms with Gasteiger partial charge in [0, 0.05) is 49.1 Å². The average molecular weight is 661 g/mol. The number of rotatable bonds is 18. The number of hydrogen-bond acceptors (Lipinski definition) is 4. The highest BCUT2D eigenvalue weighted by Gasteiger charge is 2.22. The summed E-state index contributed by atoms with van der Waals surface area (Å²) in [5, 5.41) is 9.55. The van der Waals surface area contributed by atoms with Gasteiger partial charge in [-0.05, 0) is 59.7 Å². The van der Waals surface area contributed by atoms with Crippen LogP contribution in [0.5, 0.6) is 0 Å². The number of benzene rings is 4. The monoisotopic (exact) mass is 660 g/mol. The van der Waals surface area contributed by atoms with Gasteiger partial charge in [0.05, 0.1) is 0 Å². The Hall–Kier alpha value is -4.91. The summed E-state index contributed by atoms with van der Waals surface area (Å²) in [4.78, 5) is 41.4. The Morgan fingerprint density at radius 3 is 2.16 bits per heavy atom. The van der Waals surface area contributed by atoms with Crippen molar-refractivity contribution in [3.05, 3.63) is 120 Å². The first kappa shape index (κ1) is 36.9. The molecule has 0 heterocycles. The lowest BCUT2D eigenvalue weighted by atomic mass is 9.98. The molecule has 7 nitrogen and oxygen atoms in total. The van der Waals surface area contributed by atoms with Crippen molar-refractivity contribution < 1.29 is 14.4 Å². The van der Waals surface area contributed by atoms with E-state index in [1.807, 2.05) is 84.9 Å². The highest BCUT2D eigenvalue weighted by molar-refractivity contribution is 6.12. The summed E-state index contributed by atoms with van der Waals surface area (Å²) in [7, 11) is 1.79. The SMILES string of the molecule is CCCCCCCNC(=O)N(C)c1cccc(-c2ccc(CC(Nc3ccccc3C(=O)c3ccccc3)C(=O)NCCC(C)C)cc2)c1. The van der Waals surface area contributed by atoms with Gasteiger partial charge in [0.2, 0.25) is 5.91 Å². The molecule has 3 N–H and O–H groups in total. The second-order valence-electron chi connectivity index (χ2n) is 13.1. The maximum absolute atomic E-state index is 13.6. The van der Waals surface area contributed by atoms with Crippen molar-refractivity contribution in [1.29, 1.82) is 0 Å². The molecule has 49 heavy (non-hydrogen) atoms. The van der Waals surface area contributed by atoms with Crippen LogP contribution in [-0.4, -0.2) is 43.9 Å². The number of ketones is 1. The number of urea groups is 1. The van der Waals surface area contributed by atoms with Crippen LogP contribution in [0.3, 0.4) is 0 Å². The van der Waals surface area contributed by atoms with Crippen LogP contribution in [0.15, 0.2) is 103 Å². The molecule has 0 fully saturated rings. The normalized spacial score (nSPS) is 11.5. The molecule has 258 valence electrons. The number of nitrogens with zero attached hydrogens (tertiary/aromatic N) is 1. The molecule has 3 amide bonds. The quantitative estimate of drug-likeness (QED) is 0.0735. The van der Waals surface area contributed by atoms with Crippen molar-refractivity contribution in [3.63, 3.8) is 0 Å². The Morgan fingerprint density at radius 1 is 0.714 bits per heavy atom.